The Labute approximate surface area is 106 Å². The standard InChI is InChI=1S/C13H29N3O/c1-10(2)16(9-7-8-14)11(3)12(17)15-13(4,5)6/h10-11H,7-9,14H2,1-6H3,(H,15,17). The minimum Gasteiger partial charge on any atom is -0.350 e. The molecule has 0 heterocycles. The first kappa shape index (κ1) is 16.4. The molecule has 0 bridgehead atoms. The van der Waals surface area contributed by atoms with Gasteiger partial charge in [-0.1, -0.05) is 0 Å². The molecule has 4 heteroatoms. The molecule has 0 aliphatic rings. The molecule has 0 aliphatic heterocycles. The lowest BCUT2D eigenvalue weighted by Crippen LogP contribution is -2.53. The Morgan fingerprint density at radius 2 is 1.82 bits per heavy atom. The molecule has 0 aromatic carbocycles. The van der Waals surface area contributed by atoms with Crippen LogP contribution in [0.4, 0.5) is 0 Å². The number of nitrogens with zero attached hydrogens (tertiary/aromatic N) is 1. The van der Waals surface area contributed by atoms with Gasteiger partial charge in [-0.05, 0) is 54.5 Å². The molecule has 0 saturated heterocycles. The summed E-state index contributed by atoms with van der Waals surface area (Å²) >= 11 is 0. The number of carbonyl (C=O) groups is 1. The minimum atomic E-state index is -0.179. The molecule has 102 valence electrons. The fourth-order valence-corrected chi connectivity index (χ4v) is 1.80. The van der Waals surface area contributed by atoms with Crippen LogP contribution in [0.3, 0.4) is 0 Å². The quantitative estimate of drug-likeness (QED) is 0.740. The number of hydrogen-bond acceptors (Lipinski definition) is 3. The van der Waals surface area contributed by atoms with Crippen LogP contribution in [0.25, 0.3) is 0 Å². The van der Waals surface area contributed by atoms with Crippen molar-refractivity contribution in [1.82, 2.24) is 10.2 Å². The smallest absolute Gasteiger partial charge is 0.237 e. The molecule has 4 nitrogen and oxygen atoms in total. The number of nitrogens with two attached hydrogens (primary N) is 1. The Morgan fingerprint density at radius 1 is 1.29 bits per heavy atom. The molecule has 1 unspecified atom stereocenters. The molecule has 1 atom stereocenters. The maximum Gasteiger partial charge on any atom is 0.237 e. The van der Waals surface area contributed by atoms with E-state index in [4.69, 9.17) is 5.73 Å². The third kappa shape index (κ3) is 6.64. The lowest BCUT2D eigenvalue weighted by atomic mass is 10.1. The van der Waals surface area contributed by atoms with Crippen molar-refractivity contribution >= 4 is 5.91 Å². The highest BCUT2D eigenvalue weighted by molar-refractivity contribution is 5.81. The molecule has 0 radical (unpaired) electrons. The van der Waals surface area contributed by atoms with E-state index in [2.05, 4.69) is 24.1 Å². The highest BCUT2D eigenvalue weighted by Crippen LogP contribution is 2.08. The van der Waals surface area contributed by atoms with Gasteiger partial charge in [0.25, 0.3) is 0 Å². The van der Waals surface area contributed by atoms with Crippen molar-refractivity contribution in [3.63, 3.8) is 0 Å². The summed E-state index contributed by atoms with van der Waals surface area (Å²) in [5, 5.41) is 3.02. The molecule has 17 heavy (non-hydrogen) atoms. The summed E-state index contributed by atoms with van der Waals surface area (Å²) in [7, 11) is 0. The summed E-state index contributed by atoms with van der Waals surface area (Å²) in [6.45, 7) is 13.7. The zero-order valence-electron chi connectivity index (χ0n) is 12.2. The molecule has 3 N–H and O–H groups in total. The Balaban J connectivity index is 4.49. The van der Waals surface area contributed by atoms with Crippen LogP contribution >= 0.6 is 0 Å². The third-order valence-electron chi connectivity index (χ3n) is 2.66. The van der Waals surface area contributed by atoms with Gasteiger partial charge in [-0.3, -0.25) is 9.69 Å². The number of carbonyl (C=O) groups excluding carboxylic acids is 1. The van der Waals surface area contributed by atoms with Gasteiger partial charge in [-0.15, -0.1) is 0 Å². The van der Waals surface area contributed by atoms with Gasteiger partial charge in [0, 0.05) is 18.1 Å². The van der Waals surface area contributed by atoms with Crippen molar-refractivity contribution in [2.45, 2.75) is 65.6 Å². The van der Waals surface area contributed by atoms with E-state index in [1.54, 1.807) is 0 Å². The van der Waals surface area contributed by atoms with Crippen LogP contribution in [0, 0.1) is 0 Å². The predicted octanol–water partition coefficient (Wildman–Crippen LogP) is 1.35. The highest BCUT2D eigenvalue weighted by Gasteiger charge is 2.25. The summed E-state index contributed by atoms with van der Waals surface area (Å²) < 4.78 is 0. The van der Waals surface area contributed by atoms with E-state index in [1.807, 2.05) is 27.7 Å². The fourth-order valence-electron chi connectivity index (χ4n) is 1.80. The van der Waals surface area contributed by atoms with Crippen LogP contribution in [0.2, 0.25) is 0 Å². The van der Waals surface area contributed by atoms with Gasteiger partial charge in [0.2, 0.25) is 5.91 Å². The van der Waals surface area contributed by atoms with E-state index >= 15 is 0 Å². The van der Waals surface area contributed by atoms with Gasteiger partial charge >= 0.3 is 0 Å². The molecule has 0 aliphatic carbocycles. The van der Waals surface area contributed by atoms with Crippen LogP contribution < -0.4 is 11.1 Å². The Bertz CT molecular complexity index is 233. The second-order valence-corrected chi connectivity index (χ2v) is 5.89. The van der Waals surface area contributed by atoms with Gasteiger partial charge in [-0.2, -0.15) is 0 Å². The third-order valence-corrected chi connectivity index (χ3v) is 2.66. The molecule has 0 spiro atoms. The Kier molecular flexibility index (Phi) is 6.72. The second-order valence-electron chi connectivity index (χ2n) is 5.89. The summed E-state index contributed by atoms with van der Waals surface area (Å²) in [5.74, 6) is 0.0863. The highest BCUT2D eigenvalue weighted by atomic mass is 16.2. The first-order valence-electron chi connectivity index (χ1n) is 6.47. The zero-order valence-corrected chi connectivity index (χ0v) is 12.2. The Morgan fingerprint density at radius 3 is 2.18 bits per heavy atom. The summed E-state index contributed by atoms with van der Waals surface area (Å²) in [4.78, 5) is 14.3. The Hall–Kier alpha value is -0.610. The summed E-state index contributed by atoms with van der Waals surface area (Å²) in [6, 6.07) is 0.239. The van der Waals surface area contributed by atoms with Crippen molar-refractivity contribution in [1.29, 1.82) is 0 Å². The average Bonchev–Trinajstić information content (AvgIpc) is 2.14. The molecule has 0 rings (SSSR count). The maximum absolute atomic E-state index is 12.1. The molecule has 0 saturated carbocycles. The minimum absolute atomic E-state index is 0.0863. The van der Waals surface area contributed by atoms with E-state index in [1.165, 1.54) is 0 Å². The number of hydrogen-bond donors (Lipinski definition) is 2. The van der Waals surface area contributed by atoms with E-state index < -0.39 is 0 Å². The molecular weight excluding hydrogens is 214 g/mol. The zero-order chi connectivity index (χ0) is 13.6. The molecule has 1 amide bonds. The van der Waals surface area contributed by atoms with Crippen LogP contribution in [0.1, 0.15) is 48.0 Å². The fraction of sp³-hybridized carbons (Fsp3) is 0.923. The predicted molar refractivity (Wildman–Crippen MR) is 72.9 cm³/mol. The lowest BCUT2D eigenvalue weighted by molar-refractivity contribution is -0.128. The first-order chi connectivity index (χ1) is 7.69. The van der Waals surface area contributed by atoms with Crippen molar-refractivity contribution in [3.05, 3.63) is 0 Å². The lowest BCUT2D eigenvalue weighted by Gasteiger charge is -2.33. The topological polar surface area (TPSA) is 58.4 Å². The number of nitrogens with one attached hydrogen (secondary N) is 1. The maximum atomic E-state index is 12.1. The van der Waals surface area contributed by atoms with E-state index in [0.717, 1.165) is 13.0 Å². The van der Waals surface area contributed by atoms with E-state index in [9.17, 15) is 4.79 Å². The van der Waals surface area contributed by atoms with Crippen LogP contribution in [-0.4, -0.2) is 41.5 Å². The summed E-state index contributed by atoms with van der Waals surface area (Å²) in [5.41, 5.74) is 5.35. The van der Waals surface area contributed by atoms with Gasteiger partial charge < -0.3 is 11.1 Å². The van der Waals surface area contributed by atoms with Crippen molar-refractivity contribution in [2.75, 3.05) is 13.1 Å². The van der Waals surface area contributed by atoms with Crippen molar-refractivity contribution in [2.24, 2.45) is 5.73 Å². The largest absolute Gasteiger partial charge is 0.350 e. The van der Waals surface area contributed by atoms with Gasteiger partial charge in [0.15, 0.2) is 0 Å². The van der Waals surface area contributed by atoms with Crippen LogP contribution in [0.5, 0.6) is 0 Å². The van der Waals surface area contributed by atoms with Gasteiger partial charge in [0.1, 0.15) is 0 Å². The molecule has 0 aromatic rings. The van der Waals surface area contributed by atoms with Crippen molar-refractivity contribution < 1.29 is 4.79 Å². The summed E-state index contributed by atoms with van der Waals surface area (Å²) in [6.07, 6.45) is 0.922. The molecular formula is C13H29N3O. The van der Waals surface area contributed by atoms with Gasteiger partial charge in [0.05, 0.1) is 6.04 Å². The second kappa shape index (κ2) is 6.97. The van der Waals surface area contributed by atoms with Crippen LogP contribution in [0.15, 0.2) is 0 Å². The monoisotopic (exact) mass is 243 g/mol. The molecule has 0 aromatic heterocycles. The number of amides is 1. The first-order valence-corrected chi connectivity index (χ1v) is 6.47. The van der Waals surface area contributed by atoms with E-state index in [0.29, 0.717) is 12.6 Å². The van der Waals surface area contributed by atoms with Crippen molar-refractivity contribution in [3.8, 4) is 0 Å². The molecule has 0 fully saturated rings. The average molecular weight is 243 g/mol. The van der Waals surface area contributed by atoms with E-state index in [-0.39, 0.29) is 17.5 Å². The normalized spacial score (nSPS) is 14.2. The SMILES string of the molecule is CC(C)N(CCCN)C(C)C(=O)NC(C)(C)C. The van der Waals surface area contributed by atoms with Gasteiger partial charge in [-0.25, -0.2) is 0 Å². The number of rotatable bonds is 6. The van der Waals surface area contributed by atoms with Crippen LogP contribution in [-0.2, 0) is 4.79 Å².